The first-order valence-corrected chi connectivity index (χ1v) is 5.42. The van der Waals surface area contributed by atoms with E-state index in [0.29, 0.717) is 6.54 Å². The molecule has 0 saturated carbocycles. The second-order valence-corrected chi connectivity index (χ2v) is 3.65. The predicted octanol–water partition coefficient (Wildman–Crippen LogP) is -0.424. The van der Waals surface area contributed by atoms with Gasteiger partial charge in [0, 0.05) is 19.4 Å². The van der Waals surface area contributed by atoms with Gasteiger partial charge in [-0.3, -0.25) is 9.59 Å². The van der Waals surface area contributed by atoms with Crippen LogP contribution in [0, 0.1) is 0 Å². The SMILES string of the molecule is CCCNC(=O)CN1N=C(C(=O)O)CCC1=O. The van der Waals surface area contributed by atoms with E-state index < -0.39 is 5.97 Å². The Morgan fingerprint density at radius 1 is 1.47 bits per heavy atom. The number of hydrazone groups is 1. The average Bonchev–Trinajstić information content (AvgIpc) is 2.29. The lowest BCUT2D eigenvalue weighted by Gasteiger charge is -2.21. The first kappa shape index (κ1) is 13.1. The summed E-state index contributed by atoms with van der Waals surface area (Å²) in [6.45, 7) is 2.21. The molecule has 0 radical (unpaired) electrons. The number of carboxylic acid groups (broad SMARTS) is 1. The van der Waals surface area contributed by atoms with Crippen LogP contribution in [-0.2, 0) is 14.4 Å². The molecule has 2 amide bonds. The van der Waals surface area contributed by atoms with E-state index in [0.717, 1.165) is 11.4 Å². The molecule has 0 aromatic rings. The van der Waals surface area contributed by atoms with Crippen molar-refractivity contribution in [2.75, 3.05) is 13.1 Å². The fourth-order valence-electron chi connectivity index (χ4n) is 1.34. The van der Waals surface area contributed by atoms with E-state index in [-0.39, 0.29) is 36.9 Å². The Hall–Kier alpha value is -1.92. The van der Waals surface area contributed by atoms with Crippen molar-refractivity contribution in [2.45, 2.75) is 26.2 Å². The Bertz CT molecular complexity index is 365. The third-order valence-electron chi connectivity index (χ3n) is 2.22. The van der Waals surface area contributed by atoms with E-state index in [1.807, 2.05) is 6.92 Å². The lowest BCUT2D eigenvalue weighted by atomic mass is 10.2. The molecule has 7 nitrogen and oxygen atoms in total. The molecule has 2 N–H and O–H groups in total. The third-order valence-corrected chi connectivity index (χ3v) is 2.22. The summed E-state index contributed by atoms with van der Waals surface area (Å²) in [7, 11) is 0. The number of nitrogens with zero attached hydrogens (tertiary/aromatic N) is 2. The van der Waals surface area contributed by atoms with E-state index in [9.17, 15) is 14.4 Å². The highest BCUT2D eigenvalue weighted by atomic mass is 16.4. The van der Waals surface area contributed by atoms with Crippen molar-refractivity contribution in [2.24, 2.45) is 5.10 Å². The molecule has 0 aromatic carbocycles. The van der Waals surface area contributed by atoms with Crippen molar-refractivity contribution in [3.05, 3.63) is 0 Å². The third kappa shape index (κ3) is 3.86. The van der Waals surface area contributed by atoms with E-state index in [1.165, 1.54) is 0 Å². The zero-order valence-corrected chi connectivity index (χ0v) is 9.60. The highest BCUT2D eigenvalue weighted by molar-refractivity contribution is 6.36. The molecular formula is C10H15N3O4. The van der Waals surface area contributed by atoms with Crippen molar-refractivity contribution in [1.29, 1.82) is 0 Å². The molecular weight excluding hydrogens is 226 g/mol. The largest absolute Gasteiger partial charge is 0.477 e. The number of aliphatic carboxylic acids is 1. The van der Waals surface area contributed by atoms with Crippen LogP contribution in [0.25, 0.3) is 0 Å². The Balaban J connectivity index is 2.61. The van der Waals surface area contributed by atoms with Crippen LogP contribution in [0.4, 0.5) is 0 Å². The molecule has 0 aliphatic carbocycles. The molecule has 1 aliphatic heterocycles. The Morgan fingerprint density at radius 3 is 2.76 bits per heavy atom. The maximum absolute atomic E-state index is 11.4. The van der Waals surface area contributed by atoms with Gasteiger partial charge in [0.2, 0.25) is 11.8 Å². The fourth-order valence-corrected chi connectivity index (χ4v) is 1.34. The van der Waals surface area contributed by atoms with E-state index in [2.05, 4.69) is 10.4 Å². The quantitative estimate of drug-likeness (QED) is 0.682. The van der Waals surface area contributed by atoms with Crippen molar-refractivity contribution < 1.29 is 19.5 Å². The minimum absolute atomic E-state index is 0.0756. The van der Waals surface area contributed by atoms with Crippen molar-refractivity contribution in [3.63, 3.8) is 0 Å². The van der Waals surface area contributed by atoms with Gasteiger partial charge in [-0.1, -0.05) is 6.92 Å². The van der Waals surface area contributed by atoms with Crippen molar-refractivity contribution >= 4 is 23.5 Å². The number of amides is 2. The smallest absolute Gasteiger partial charge is 0.352 e. The lowest BCUT2D eigenvalue weighted by molar-refractivity contribution is -0.137. The van der Waals surface area contributed by atoms with Crippen LogP contribution in [0.3, 0.4) is 0 Å². The number of hydrogen-bond acceptors (Lipinski definition) is 4. The summed E-state index contributed by atoms with van der Waals surface area (Å²) in [5.41, 5.74) is -0.0899. The minimum atomic E-state index is -1.16. The van der Waals surface area contributed by atoms with Crippen molar-refractivity contribution in [3.8, 4) is 0 Å². The first-order valence-electron chi connectivity index (χ1n) is 5.42. The maximum Gasteiger partial charge on any atom is 0.352 e. The van der Waals surface area contributed by atoms with E-state index in [1.54, 1.807) is 0 Å². The second kappa shape index (κ2) is 5.97. The molecule has 0 fully saturated rings. The van der Waals surface area contributed by atoms with Gasteiger partial charge in [0.1, 0.15) is 12.3 Å². The van der Waals surface area contributed by atoms with Gasteiger partial charge in [0.25, 0.3) is 0 Å². The van der Waals surface area contributed by atoms with Gasteiger partial charge in [-0.15, -0.1) is 0 Å². The first-order chi connectivity index (χ1) is 8.04. The standard InChI is InChI=1S/C10H15N3O4/c1-2-5-11-8(14)6-13-9(15)4-3-7(12-13)10(16)17/h2-6H2,1H3,(H,11,14)(H,16,17). The summed E-state index contributed by atoms with van der Waals surface area (Å²) >= 11 is 0. The summed E-state index contributed by atoms with van der Waals surface area (Å²) in [5.74, 6) is -1.83. The van der Waals surface area contributed by atoms with E-state index in [4.69, 9.17) is 5.11 Å². The van der Waals surface area contributed by atoms with Crippen LogP contribution in [-0.4, -0.2) is 46.7 Å². The van der Waals surface area contributed by atoms with Gasteiger partial charge in [0.05, 0.1) is 0 Å². The normalized spacial score (nSPS) is 15.5. The molecule has 17 heavy (non-hydrogen) atoms. The topological polar surface area (TPSA) is 99.1 Å². The van der Waals surface area contributed by atoms with Gasteiger partial charge in [-0.05, 0) is 6.42 Å². The fraction of sp³-hybridized carbons (Fsp3) is 0.600. The number of carbonyl (C=O) groups is 3. The zero-order valence-electron chi connectivity index (χ0n) is 9.60. The molecule has 0 aromatic heterocycles. The summed E-state index contributed by atoms with van der Waals surface area (Å²) in [5, 5.41) is 15.9. The van der Waals surface area contributed by atoms with Crippen LogP contribution < -0.4 is 5.32 Å². The van der Waals surface area contributed by atoms with Crippen LogP contribution in [0.5, 0.6) is 0 Å². The van der Waals surface area contributed by atoms with Crippen LogP contribution in [0.1, 0.15) is 26.2 Å². The minimum Gasteiger partial charge on any atom is -0.477 e. The van der Waals surface area contributed by atoms with Gasteiger partial charge >= 0.3 is 5.97 Å². The van der Waals surface area contributed by atoms with Gasteiger partial charge in [-0.2, -0.15) is 5.10 Å². The zero-order chi connectivity index (χ0) is 12.8. The lowest BCUT2D eigenvalue weighted by Crippen LogP contribution is -2.41. The molecule has 0 unspecified atom stereocenters. The molecule has 0 spiro atoms. The summed E-state index contributed by atoms with van der Waals surface area (Å²) < 4.78 is 0. The molecule has 94 valence electrons. The monoisotopic (exact) mass is 241 g/mol. The highest BCUT2D eigenvalue weighted by Gasteiger charge is 2.25. The molecule has 1 rings (SSSR count). The number of rotatable bonds is 5. The number of nitrogens with one attached hydrogen (secondary N) is 1. The average molecular weight is 241 g/mol. The van der Waals surface area contributed by atoms with Crippen LogP contribution in [0.2, 0.25) is 0 Å². The van der Waals surface area contributed by atoms with Gasteiger partial charge in [0.15, 0.2) is 0 Å². The predicted molar refractivity (Wildman–Crippen MR) is 59.3 cm³/mol. The number of hydrogen-bond donors (Lipinski definition) is 2. The Kier molecular flexibility index (Phi) is 4.62. The molecule has 0 saturated heterocycles. The molecule has 1 aliphatic rings. The van der Waals surface area contributed by atoms with Crippen molar-refractivity contribution in [1.82, 2.24) is 10.3 Å². The molecule has 1 heterocycles. The van der Waals surface area contributed by atoms with Gasteiger partial charge in [-0.25, -0.2) is 9.80 Å². The molecule has 0 atom stereocenters. The summed E-state index contributed by atoms with van der Waals surface area (Å²) in [4.78, 5) is 33.5. The molecule has 7 heteroatoms. The summed E-state index contributed by atoms with van der Waals surface area (Å²) in [6.07, 6.45) is 0.983. The van der Waals surface area contributed by atoms with Gasteiger partial charge < -0.3 is 10.4 Å². The van der Waals surface area contributed by atoms with Crippen LogP contribution >= 0.6 is 0 Å². The number of carbonyl (C=O) groups excluding carboxylic acids is 2. The molecule has 0 bridgehead atoms. The highest BCUT2D eigenvalue weighted by Crippen LogP contribution is 2.08. The van der Waals surface area contributed by atoms with E-state index >= 15 is 0 Å². The Labute approximate surface area is 98.5 Å². The Morgan fingerprint density at radius 2 is 2.18 bits per heavy atom. The number of carboxylic acids is 1. The van der Waals surface area contributed by atoms with Crippen LogP contribution in [0.15, 0.2) is 5.10 Å². The summed E-state index contributed by atoms with van der Waals surface area (Å²) in [6, 6.07) is 0. The maximum atomic E-state index is 11.4. The second-order valence-electron chi connectivity index (χ2n) is 3.65.